The summed E-state index contributed by atoms with van der Waals surface area (Å²) in [6.07, 6.45) is 4.53. The fourth-order valence-electron chi connectivity index (χ4n) is 3.68. The number of amides is 2. The third-order valence-corrected chi connectivity index (χ3v) is 6.25. The Morgan fingerprint density at radius 2 is 1.84 bits per heavy atom. The van der Waals surface area contributed by atoms with Crippen LogP contribution in [0.2, 0.25) is 0 Å². The van der Waals surface area contributed by atoms with Gasteiger partial charge in [-0.3, -0.25) is 9.59 Å². The Labute approximate surface area is 183 Å². The van der Waals surface area contributed by atoms with Crippen LogP contribution in [0.15, 0.2) is 78.2 Å². The van der Waals surface area contributed by atoms with E-state index in [-0.39, 0.29) is 17.6 Å². The predicted molar refractivity (Wildman–Crippen MR) is 121 cm³/mol. The lowest BCUT2D eigenvalue weighted by Gasteiger charge is -2.39. The summed E-state index contributed by atoms with van der Waals surface area (Å²) in [6, 6.07) is 18.8. The molecule has 1 aliphatic heterocycles. The molecular weight excluding hydrogens is 410 g/mol. The summed E-state index contributed by atoms with van der Waals surface area (Å²) in [5, 5.41) is 3.70. The van der Waals surface area contributed by atoms with Gasteiger partial charge in [0.25, 0.3) is 0 Å². The van der Waals surface area contributed by atoms with E-state index < -0.39 is 6.04 Å². The van der Waals surface area contributed by atoms with Crippen LogP contribution in [0.3, 0.4) is 0 Å². The van der Waals surface area contributed by atoms with Gasteiger partial charge in [0.15, 0.2) is 5.16 Å². The molecule has 2 aromatic carbocycles. The van der Waals surface area contributed by atoms with Crippen LogP contribution < -0.4 is 5.32 Å². The predicted octanol–water partition coefficient (Wildman–Crippen LogP) is 3.69. The number of thioether (sulfide) groups is 1. The number of H-pyrrole nitrogens is 1. The maximum Gasteiger partial charge on any atom is 0.247 e. The zero-order chi connectivity index (χ0) is 21.2. The minimum absolute atomic E-state index is 0.0597. The standard InChI is InChI=1S/C23H21N5O2S/c29-21(15-31-23-25-16-7-1-2-8-17(16)26-23)28-14-11-20(28)22(30)24-18-9-3-4-10-19(18)27-12-5-6-13-27/h1-10,12-13,20H,11,14-15H2,(H,24,30)(H,25,26)/t20-/m0/s1. The van der Waals surface area contributed by atoms with E-state index in [1.165, 1.54) is 11.8 Å². The number of carbonyl (C=O) groups excluding carboxylic acids is 2. The first-order valence-corrected chi connectivity index (χ1v) is 11.1. The molecule has 0 unspecified atom stereocenters. The van der Waals surface area contributed by atoms with E-state index in [1.54, 1.807) is 4.90 Å². The minimum Gasteiger partial charge on any atom is -0.333 e. The topological polar surface area (TPSA) is 83.0 Å². The fraction of sp³-hybridized carbons (Fsp3) is 0.174. The largest absolute Gasteiger partial charge is 0.333 e. The Hall–Kier alpha value is -3.52. The number of aromatic nitrogens is 3. The van der Waals surface area contributed by atoms with Gasteiger partial charge in [-0.15, -0.1) is 0 Å². The summed E-state index contributed by atoms with van der Waals surface area (Å²) in [5.41, 5.74) is 3.43. The highest BCUT2D eigenvalue weighted by atomic mass is 32.2. The summed E-state index contributed by atoms with van der Waals surface area (Å²) in [4.78, 5) is 34.9. The average molecular weight is 432 g/mol. The van der Waals surface area contributed by atoms with Crippen LogP contribution in [0.1, 0.15) is 6.42 Å². The SMILES string of the molecule is O=C(Nc1ccccc1-n1cccc1)[C@@H]1CCN1C(=O)CSc1nc2ccccc2[nH]1. The average Bonchev–Trinajstić information content (AvgIpc) is 3.41. The summed E-state index contributed by atoms with van der Waals surface area (Å²) >= 11 is 1.36. The molecule has 1 aliphatic rings. The van der Waals surface area contributed by atoms with Crippen LogP contribution in [0.25, 0.3) is 16.7 Å². The molecule has 31 heavy (non-hydrogen) atoms. The summed E-state index contributed by atoms with van der Waals surface area (Å²) in [6.45, 7) is 0.594. The number of para-hydroxylation sites is 4. The van der Waals surface area contributed by atoms with E-state index in [9.17, 15) is 9.59 Å². The van der Waals surface area contributed by atoms with E-state index in [4.69, 9.17) is 0 Å². The molecule has 0 aliphatic carbocycles. The van der Waals surface area contributed by atoms with E-state index in [2.05, 4.69) is 15.3 Å². The quantitative estimate of drug-likeness (QED) is 0.456. The summed E-state index contributed by atoms with van der Waals surface area (Å²) in [7, 11) is 0. The molecular formula is C23H21N5O2S. The number of rotatable bonds is 6. The minimum atomic E-state index is -0.443. The van der Waals surface area contributed by atoms with Crippen molar-refractivity contribution in [1.82, 2.24) is 19.4 Å². The zero-order valence-electron chi connectivity index (χ0n) is 16.7. The Balaban J connectivity index is 1.22. The van der Waals surface area contributed by atoms with Gasteiger partial charge in [0, 0.05) is 18.9 Å². The lowest BCUT2D eigenvalue weighted by molar-refractivity contribution is -0.143. The van der Waals surface area contributed by atoms with Crippen molar-refractivity contribution in [3.8, 4) is 5.69 Å². The number of aromatic amines is 1. The monoisotopic (exact) mass is 431 g/mol. The van der Waals surface area contributed by atoms with Gasteiger partial charge in [0.2, 0.25) is 11.8 Å². The number of carbonyl (C=O) groups is 2. The summed E-state index contributed by atoms with van der Waals surface area (Å²) in [5.74, 6) is 0.0207. The third kappa shape index (κ3) is 3.94. The molecule has 2 amide bonds. The summed E-state index contributed by atoms with van der Waals surface area (Å²) < 4.78 is 1.95. The number of hydrogen-bond acceptors (Lipinski definition) is 4. The van der Waals surface area contributed by atoms with E-state index in [0.717, 1.165) is 22.4 Å². The first-order chi connectivity index (χ1) is 15.2. The number of hydrogen-bond donors (Lipinski definition) is 2. The molecule has 0 saturated carbocycles. The number of imidazole rings is 1. The molecule has 1 atom stereocenters. The second kappa shape index (κ2) is 8.31. The molecule has 2 N–H and O–H groups in total. The molecule has 3 heterocycles. The van der Waals surface area contributed by atoms with Crippen molar-refractivity contribution in [2.45, 2.75) is 17.6 Å². The molecule has 1 fully saturated rings. The Morgan fingerprint density at radius 1 is 1.06 bits per heavy atom. The van der Waals surface area contributed by atoms with Crippen molar-refractivity contribution in [1.29, 1.82) is 0 Å². The van der Waals surface area contributed by atoms with E-state index in [0.29, 0.717) is 18.1 Å². The molecule has 5 rings (SSSR count). The second-order valence-electron chi connectivity index (χ2n) is 7.34. The number of nitrogens with one attached hydrogen (secondary N) is 2. The Bertz CT molecular complexity index is 1200. The maximum atomic E-state index is 12.9. The van der Waals surface area contributed by atoms with Crippen molar-refractivity contribution in [2.24, 2.45) is 0 Å². The van der Waals surface area contributed by atoms with Crippen molar-refractivity contribution in [3.63, 3.8) is 0 Å². The lowest BCUT2D eigenvalue weighted by Crippen LogP contribution is -2.57. The molecule has 156 valence electrons. The van der Waals surface area contributed by atoms with Crippen molar-refractivity contribution < 1.29 is 9.59 Å². The fourth-order valence-corrected chi connectivity index (χ4v) is 4.46. The number of anilines is 1. The number of benzene rings is 2. The van der Waals surface area contributed by atoms with Crippen molar-refractivity contribution in [3.05, 3.63) is 73.1 Å². The number of nitrogens with zero attached hydrogens (tertiary/aromatic N) is 3. The molecule has 1 saturated heterocycles. The first-order valence-electron chi connectivity index (χ1n) is 10.1. The molecule has 8 heteroatoms. The second-order valence-corrected chi connectivity index (χ2v) is 8.30. The highest BCUT2D eigenvalue weighted by molar-refractivity contribution is 7.99. The number of likely N-dealkylation sites (tertiary alicyclic amines) is 1. The van der Waals surface area contributed by atoms with Gasteiger partial charge in [-0.1, -0.05) is 36.0 Å². The molecule has 2 aromatic heterocycles. The highest BCUT2D eigenvalue weighted by Gasteiger charge is 2.37. The Kier molecular flexibility index (Phi) is 5.21. The zero-order valence-corrected chi connectivity index (χ0v) is 17.5. The van der Waals surface area contributed by atoms with E-state index in [1.807, 2.05) is 77.6 Å². The maximum absolute atomic E-state index is 12.9. The first kappa shape index (κ1) is 19.4. The van der Waals surface area contributed by atoms with Gasteiger partial charge >= 0.3 is 0 Å². The number of fused-ring (bicyclic) bond motifs is 1. The van der Waals surface area contributed by atoms with Crippen LogP contribution in [0.4, 0.5) is 5.69 Å². The van der Waals surface area contributed by atoms with Crippen LogP contribution >= 0.6 is 11.8 Å². The van der Waals surface area contributed by atoms with Crippen LogP contribution in [-0.4, -0.2) is 49.6 Å². The van der Waals surface area contributed by atoms with Crippen LogP contribution in [0, 0.1) is 0 Å². The molecule has 0 radical (unpaired) electrons. The molecule has 0 bridgehead atoms. The smallest absolute Gasteiger partial charge is 0.247 e. The molecule has 0 spiro atoms. The van der Waals surface area contributed by atoms with Gasteiger partial charge in [0.1, 0.15) is 6.04 Å². The van der Waals surface area contributed by atoms with Gasteiger partial charge < -0.3 is 19.8 Å². The highest BCUT2D eigenvalue weighted by Crippen LogP contribution is 2.26. The van der Waals surface area contributed by atoms with E-state index >= 15 is 0 Å². The van der Waals surface area contributed by atoms with Gasteiger partial charge in [0.05, 0.1) is 28.2 Å². The third-order valence-electron chi connectivity index (χ3n) is 5.39. The van der Waals surface area contributed by atoms with Gasteiger partial charge in [-0.2, -0.15) is 0 Å². The molecule has 7 nitrogen and oxygen atoms in total. The van der Waals surface area contributed by atoms with Crippen LogP contribution in [-0.2, 0) is 9.59 Å². The molecule has 4 aromatic rings. The van der Waals surface area contributed by atoms with Crippen LogP contribution in [0.5, 0.6) is 0 Å². The van der Waals surface area contributed by atoms with Crippen molar-refractivity contribution in [2.75, 3.05) is 17.6 Å². The van der Waals surface area contributed by atoms with Gasteiger partial charge in [-0.25, -0.2) is 4.98 Å². The normalized spacial score (nSPS) is 15.6. The van der Waals surface area contributed by atoms with Gasteiger partial charge in [-0.05, 0) is 42.8 Å². The Morgan fingerprint density at radius 3 is 2.61 bits per heavy atom. The lowest BCUT2D eigenvalue weighted by atomic mass is 10.0. The van der Waals surface area contributed by atoms with Crippen molar-refractivity contribution >= 4 is 40.3 Å².